The number of anilines is 1. The van der Waals surface area contributed by atoms with Crippen LogP contribution in [0, 0.1) is 0 Å². The fourth-order valence-electron chi connectivity index (χ4n) is 3.02. The summed E-state index contributed by atoms with van der Waals surface area (Å²) >= 11 is 0. The van der Waals surface area contributed by atoms with Crippen molar-refractivity contribution in [1.29, 1.82) is 0 Å². The molecule has 2 fully saturated rings. The fraction of sp³-hybridized carbons (Fsp3) is 0.600. The third-order valence-electron chi connectivity index (χ3n) is 4.25. The first-order chi connectivity index (χ1) is 9.75. The number of hydrogen-bond acceptors (Lipinski definition) is 4. The summed E-state index contributed by atoms with van der Waals surface area (Å²) in [5.41, 5.74) is 6.65. The van der Waals surface area contributed by atoms with Crippen molar-refractivity contribution in [3.05, 3.63) is 23.9 Å². The number of likely N-dealkylation sites (tertiary alicyclic amines) is 1. The van der Waals surface area contributed by atoms with Gasteiger partial charge in [-0.15, -0.1) is 0 Å². The molecular formula is C15H22N4O. The van der Waals surface area contributed by atoms with Gasteiger partial charge in [-0.3, -0.25) is 4.79 Å². The molecule has 2 saturated heterocycles. The summed E-state index contributed by atoms with van der Waals surface area (Å²) in [6.45, 7) is 3.52. The molecule has 1 aromatic heterocycles. The summed E-state index contributed by atoms with van der Waals surface area (Å²) < 4.78 is 0. The number of amides is 1. The van der Waals surface area contributed by atoms with Crippen LogP contribution in [-0.4, -0.2) is 48.0 Å². The molecule has 1 aromatic rings. The van der Waals surface area contributed by atoms with E-state index in [0.29, 0.717) is 0 Å². The number of hydrogen-bond donors (Lipinski definition) is 1. The van der Waals surface area contributed by atoms with E-state index >= 15 is 0 Å². The largest absolute Gasteiger partial charge is 0.356 e. The minimum Gasteiger partial charge on any atom is -0.356 e. The van der Waals surface area contributed by atoms with E-state index in [1.54, 1.807) is 6.20 Å². The highest BCUT2D eigenvalue weighted by Crippen LogP contribution is 2.24. The number of carbonyl (C=O) groups excluding carboxylic acids is 1. The lowest BCUT2D eigenvalue weighted by atomic mass is 10.1. The Morgan fingerprint density at radius 1 is 1.20 bits per heavy atom. The highest BCUT2D eigenvalue weighted by molar-refractivity contribution is 5.99. The maximum absolute atomic E-state index is 12.7. The first kappa shape index (κ1) is 13.4. The molecule has 2 aliphatic heterocycles. The smallest absolute Gasteiger partial charge is 0.257 e. The van der Waals surface area contributed by atoms with E-state index in [-0.39, 0.29) is 11.9 Å². The van der Waals surface area contributed by atoms with Crippen molar-refractivity contribution in [2.24, 2.45) is 5.73 Å². The maximum atomic E-state index is 12.7. The van der Waals surface area contributed by atoms with Crippen molar-refractivity contribution in [3.8, 4) is 0 Å². The first-order valence-corrected chi connectivity index (χ1v) is 7.50. The van der Waals surface area contributed by atoms with E-state index in [0.717, 1.165) is 50.4 Å². The Kier molecular flexibility index (Phi) is 3.87. The second-order valence-corrected chi connectivity index (χ2v) is 5.70. The van der Waals surface area contributed by atoms with Gasteiger partial charge in [0.1, 0.15) is 5.82 Å². The maximum Gasteiger partial charge on any atom is 0.257 e. The van der Waals surface area contributed by atoms with E-state index in [2.05, 4.69) is 9.88 Å². The number of aromatic nitrogens is 1. The van der Waals surface area contributed by atoms with Gasteiger partial charge in [-0.1, -0.05) is 0 Å². The van der Waals surface area contributed by atoms with Crippen LogP contribution in [0.25, 0.3) is 0 Å². The first-order valence-electron chi connectivity index (χ1n) is 7.50. The molecule has 3 rings (SSSR count). The van der Waals surface area contributed by atoms with Crippen LogP contribution in [0.2, 0.25) is 0 Å². The molecule has 0 bridgehead atoms. The number of pyridine rings is 1. The minimum absolute atomic E-state index is 0.104. The Labute approximate surface area is 119 Å². The highest BCUT2D eigenvalue weighted by Gasteiger charge is 2.26. The van der Waals surface area contributed by atoms with Crippen molar-refractivity contribution in [2.75, 3.05) is 31.1 Å². The van der Waals surface area contributed by atoms with Gasteiger partial charge in [-0.05, 0) is 37.8 Å². The molecule has 108 valence electrons. The zero-order valence-electron chi connectivity index (χ0n) is 11.8. The molecule has 3 heterocycles. The number of nitrogens with zero attached hydrogens (tertiary/aromatic N) is 3. The van der Waals surface area contributed by atoms with Crippen LogP contribution in [0.3, 0.4) is 0 Å². The third kappa shape index (κ3) is 2.63. The second kappa shape index (κ2) is 5.79. The van der Waals surface area contributed by atoms with Gasteiger partial charge < -0.3 is 15.5 Å². The molecule has 5 heteroatoms. The molecule has 2 aliphatic rings. The lowest BCUT2D eigenvalue weighted by molar-refractivity contribution is 0.0715. The Bertz CT molecular complexity index is 477. The van der Waals surface area contributed by atoms with Gasteiger partial charge in [-0.25, -0.2) is 4.98 Å². The molecule has 20 heavy (non-hydrogen) atoms. The van der Waals surface area contributed by atoms with Gasteiger partial charge >= 0.3 is 0 Å². The molecule has 0 radical (unpaired) electrons. The zero-order chi connectivity index (χ0) is 13.9. The van der Waals surface area contributed by atoms with Gasteiger partial charge in [0.25, 0.3) is 5.91 Å². The number of rotatable bonds is 2. The average molecular weight is 274 g/mol. The van der Waals surface area contributed by atoms with Crippen molar-refractivity contribution in [1.82, 2.24) is 9.88 Å². The molecule has 0 aliphatic carbocycles. The lowest BCUT2D eigenvalue weighted by Gasteiger charge is -2.31. The molecule has 0 aromatic carbocycles. The van der Waals surface area contributed by atoms with Gasteiger partial charge in [0.15, 0.2) is 0 Å². The standard InChI is InChI=1S/C15H22N4O/c16-12-5-10-19(11-6-12)15(20)13-4-3-7-17-14(13)18-8-1-2-9-18/h3-4,7,12H,1-2,5-6,8-11,16H2. The fourth-order valence-corrected chi connectivity index (χ4v) is 3.02. The summed E-state index contributed by atoms with van der Waals surface area (Å²) in [7, 11) is 0. The van der Waals surface area contributed by atoms with Crippen LogP contribution in [-0.2, 0) is 0 Å². The summed E-state index contributed by atoms with van der Waals surface area (Å²) in [6.07, 6.45) is 5.93. The molecule has 0 saturated carbocycles. The average Bonchev–Trinajstić information content (AvgIpc) is 3.01. The van der Waals surface area contributed by atoms with Crippen molar-refractivity contribution in [2.45, 2.75) is 31.7 Å². The topological polar surface area (TPSA) is 62.5 Å². The van der Waals surface area contributed by atoms with Crippen molar-refractivity contribution < 1.29 is 4.79 Å². The zero-order valence-corrected chi connectivity index (χ0v) is 11.8. The second-order valence-electron chi connectivity index (χ2n) is 5.70. The van der Waals surface area contributed by atoms with Crippen LogP contribution >= 0.6 is 0 Å². The Morgan fingerprint density at radius 2 is 1.90 bits per heavy atom. The predicted octanol–water partition coefficient (Wildman–Crippen LogP) is 1.25. The molecule has 0 unspecified atom stereocenters. The van der Waals surface area contributed by atoms with Crippen LogP contribution in [0.1, 0.15) is 36.0 Å². The van der Waals surface area contributed by atoms with Gasteiger partial charge in [-0.2, -0.15) is 0 Å². The minimum atomic E-state index is 0.104. The lowest BCUT2D eigenvalue weighted by Crippen LogP contribution is -2.43. The summed E-state index contributed by atoms with van der Waals surface area (Å²) in [5, 5.41) is 0. The van der Waals surface area contributed by atoms with Crippen LogP contribution in [0.5, 0.6) is 0 Å². The van der Waals surface area contributed by atoms with Crippen LogP contribution in [0.4, 0.5) is 5.82 Å². The summed E-state index contributed by atoms with van der Waals surface area (Å²) in [5.74, 6) is 0.955. The number of carbonyl (C=O) groups is 1. The molecular weight excluding hydrogens is 252 g/mol. The Balaban J connectivity index is 1.80. The highest BCUT2D eigenvalue weighted by atomic mass is 16.2. The van der Waals surface area contributed by atoms with E-state index < -0.39 is 0 Å². The Morgan fingerprint density at radius 3 is 2.60 bits per heavy atom. The number of piperidine rings is 1. The third-order valence-corrected chi connectivity index (χ3v) is 4.25. The number of nitrogens with two attached hydrogens (primary N) is 1. The monoisotopic (exact) mass is 274 g/mol. The summed E-state index contributed by atoms with van der Waals surface area (Å²) in [6, 6.07) is 3.99. The predicted molar refractivity (Wildman–Crippen MR) is 78.8 cm³/mol. The molecule has 1 amide bonds. The van der Waals surface area contributed by atoms with Gasteiger partial charge in [0, 0.05) is 38.4 Å². The Hall–Kier alpha value is -1.62. The van der Waals surface area contributed by atoms with Crippen molar-refractivity contribution in [3.63, 3.8) is 0 Å². The molecule has 5 nitrogen and oxygen atoms in total. The molecule has 0 spiro atoms. The van der Waals surface area contributed by atoms with Crippen LogP contribution in [0.15, 0.2) is 18.3 Å². The summed E-state index contributed by atoms with van der Waals surface area (Å²) in [4.78, 5) is 21.3. The normalized spacial score (nSPS) is 20.4. The van der Waals surface area contributed by atoms with Gasteiger partial charge in [0.2, 0.25) is 0 Å². The molecule has 2 N–H and O–H groups in total. The quantitative estimate of drug-likeness (QED) is 0.881. The van der Waals surface area contributed by atoms with E-state index in [1.165, 1.54) is 12.8 Å². The van der Waals surface area contributed by atoms with E-state index in [4.69, 9.17) is 5.73 Å². The van der Waals surface area contributed by atoms with E-state index in [1.807, 2.05) is 17.0 Å². The van der Waals surface area contributed by atoms with Crippen molar-refractivity contribution >= 4 is 11.7 Å². The van der Waals surface area contributed by atoms with Crippen LogP contribution < -0.4 is 10.6 Å². The van der Waals surface area contributed by atoms with E-state index in [9.17, 15) is 4.79 Å². The SMILES string of the molecule is NC1CCN(C(=O)c2cccnc2N2CCCC2)CC1. The van der Waals surface area contributed by atoms with Gasteiger partial charge in [0.05, 0.1) is 5.56 Å². The molecule has 0 atom stereocenters.